The molecule has 0 aliphatic carbocycles. The second kappa shape index (κ2) is 14.0. The molecule has 262 valence electrons. The Morgan fingerprint density at radius 3 is 2.63 bits per heavy atom. The normalized spacial score (nSPS) is 18.5. The van der Waals surface area contributed by atoms with Gasteiger partial charge in [-0.2, -0.15) is 10.4 Å². The lowest BCUT2D eigenvalue weighted by atomic mass is 10.1. The number of ether oxygens (including phenoxy) is 1. The maximum absolute atomic E-state index is 13.5. The van der Waals surface area contributed by atoms with Crippen molar-refractivity contribution in [3.8, 4) is 28.8 Å². The first kappa shape index (κ1) is 34.0. The lowest BCUT2D eigenvalue weighted by Crippen LogP contribution is -2.47. The van der Waals surface area contributed by atoms with Gasteiger partial charge in [-0.1, -0.05) is 11.6 Å². The molecule has 3 aliphatic rings. The predicted molar refractivity (Wildman–Crippen MR) is 188 cm³/mol. The summed E-state index contributed by atoms with van der Waals surface area (Å²) in [5.41, 5.74) is 4.03. The Morgan fingerprint density at radius 2 is 1.88 bits per heavy atom. The molecular weight excluding hydrogens is 674 g/mol. The standard InChI is InChI=1S/C35H36ClN11O4/c1-4-45-28(48)18-44(32-33(45)42-25(17-38-32)23-9-10-24(41-21(23)3)31-39-19-40-43-31)13-6-5-7-15-51-27-12-14-46-30(27)34(49)47(35(46)50)26-11-8-22(16-37)29(36)20(26)2/h8-11,17,19,27,30H,4-7,12-15,18H2,1-3H3,(H,39,40,43)/t27?,30-/m0/s1. The first-order chi connectivity index (χ1) is 24.7. The third kappa shape index (κ3) is 6.14. The number of aromatic nitrogens is 6. The summed E-state index contributed by atoms with van der Waals surface area (Å²) in [7, 11) is 0. The van der Waals surface area contributed by atoms with Gasteiger partial charge in [-0.3, -0.25) is 19.6 Å². The number of aromatic amines is 1. The number of urea groups is 1. The summed E-state index contributed by atoms with van der Waals surface area (Å²) in [6.45, 7) is 7.67. The van der Waals surface area contributed by atoms with Crippen LogP contribution in [0, 0.1) is 25.2 Å². The second-order valence-electron chi connectivity index (χ2n) is 12.7. The number of benzene rings is 1. The molecule has 1 N–H and O–H groups in total. The summed E-state index contributed by atoms with van der Waals surface area (Å²) in [6.07, 6.45) is 5.69. The average molecular weight is 710 g/mol. The van der Waals surface area contributed by atoms with E-state index in [2.05, 4.69) is 20.2 Å². The third-order valence-electron chi connectivity index (χ3n) is 9.63. The molecule has 51 heavy (non-hydrogen) atoms. The zero-order valence-corrected chi connectivity index (χ0v) is 29.2. The Labute approximate surface area is 299 Å². The van der Waals surface area contributed by atoms with Crippen LogP contribution < -0.4 is 14.7 Å². The lowest BCUT2D eigenvalue weighted by Gasteiger charge is -2.35. The van der Waals surface area contributed by atoms with Crippen LogP contribution in [0.5, 0.6) is 0 Å². The van der Waals surface area contributed by atoms with Gasteiger partial charge in [-0.05, 0) is 76.3 Å². The Kier molecular flexibility index (Phi) is 9.37. The molecule has 0 bridgehead atoms. The number of rotatable bonds is 11. The van der Waals surface area contributed by atoms with Crippen molar-refractivity contribution in [3.63, 3.8) is 0 Å². The van der Waals surface area contributed by atoms with Gasteiger partial charge >= 0.3 is 6.03 Å². The fraction of sp³-hybridized carbons (Fsp3) is 0.400. The Balaban J connectivity index is 0.951. The molecule has 1 aromatic carbocycles. The van der Waals surface area contributed by atoms with Crippen molar-refractivity contribution in [3.05, 3.63) is 58.6 Å². The molecule has 2 atom stereocenters. The molecule has 0 saturated carbocycles. The Bertz CT molecular complexity index is 2050. The van der Waals surface area contributed by atoms with E-state index in [9.17, 15) is 19.6 Å². The van der Waals surface area contributed by atoms with Crippen LogP contribution in [-0.2, 0) is 14.3 Å². The first-order valence-electron chi connectivity index (χ1n) is 16.9. The van der Waals surface area contributed by atoms with Crippen molar-refractivity contribution in [2.24, 2.45) is 0 Å². The number of likely N-dealkylation sites (N-methyl/N-ethyl adjacent to an activating group) is 1. The third-order valence-corrected chi connectivity index (χ3v) is 10.1. The number of aryl methyl sites for hydroxylation is 1. The number of H-pyrrole nitrogens is 1. The zero-order chi connectivity index (χ0) is 35.8. The van der Waals surface area contributed by atoms with Crippen LogP contribution in [0.15, 0.2) is 36.8 Å². The molecule has 6 heterocycles. The van der Waals surface area contributed by atoms with E-state index in [1.807, 2.05) is 36.9 Å². The van der Waals surface area contributed by atoms with E-state index in [0.29, 0.717) is 72.8 Å². The van der Waals surface area contributed by atoms with Crippen molar-refractivity contribution in [1.29, 1.82) is 5.26 Å². The van der Waals surface area contributed by atoms with Gasteiger partial charge in [0.15, 0.2) is 17.5 Å². The number of fused-ring (bicyclic) bond motifs is 2. The SMILES string of the molecule is CCN1C(=O)CN(CCCCCOC2CCN3C(=O)N(c4ccc(C#N)c(Cl)c4C)C(=O)[C@H]23)c2ncc(-c3ccc(-c4ncn[nH]4)nc3C)nc21. The molecule has 4 aromatic rings. The van der Waals surface area contributed by atoms with Gasteiger partial charge in [-0.25, -0.2) is 29.6 Å². The van der Waals surface area contributed by atoms with Gasteiger partial charge in [0.05, 0.1) is 40.8 Å². The van der Waals surface area contributed by atoms with Crippen LogP contribution in [0.4, 0.5) is 22.1 Å². The molecule has 4 amide bonds. The molecule has 7 rings (SSSR count). The number of nitrogens with zero attached hydrogens (tertiary/aromatic N) is 10. The van der Waals surface area contributed by atoms with Gasteiger partial charge in [0.25, 0.3) is 5.91 Å². The number of hydrogen-bond donors (Lipinski definition) is 1. The minimum Gasteiger partial charge on any atom is -0.375 e. The number of nitrogens with one attached hydrogen (secondary N) is 1. The molecule has 0 spiro atoms. The van der Waals surface area contributed by atoms with Gasteiger partial charge in [0.1, 0.15) is 24.1 Å². The molecule has 1 unspecified atom stereocenters. The highest BCUT2D eigenvalue weighted by Crippen LogP contribution is 2.38. The topological polar surface area (TPSA) is 177 Å². The number of unbranched alkanes of at least 4 members (excludes halogenated alkanes) is 2. The molecule has 16 heteroatoms. The van der Waals surface area contributed by atoms with E-state index in [0.717, 1.165) is 35.4 Å². The zero-order valence-electron chi connectivity index (χ0n) is 28.5. The van der Waals surface area contributed by atoms with Crippen molar-refractivity contribution in [2.45, 2.75) is 58.6 Å². The number of carbonyl (C=O) groups excluding carboxylic acids is 3. The highest BCUT2D eigenvalue weighted by atomic mass is 35.5. The van der Waals surface area contributed by atoms with E-state index in [1.54, 1.807) is 29.0 Å². The quantitative estimate of drug-likeness (QED) is 0.172. The van der Waals surface area contributed by atoms with E-state index >= 15 is 0 Å². The number of carbonyl (C=O) groups is 3. The van der Waals surface area contributed by atoms with Crippen LogP contribution in [0.25, 0.3) is 22.8 Å². The van der Waals surface area contributed by atoms with Crippen LogP contribution in [0.1, 0.15) is 49.4 Å². The largest absolute Gasteiger partial charge is 0.375 e. The molecule has 2 saturated heterocycles. The average Bonchev–Trinajstić information content (AvgIpc) is 3.87. The molecule has 15 nitrogen and oxygen atoms in total. The number of anilines is 3. The van der Waals surface area contributed by atoms with E-state index in [-0.39, 0.29) is 28.9 Å². The van der Waals surface area contributed by atoms with Crippen molar-refractivity contribution >= 4 is 46.8 Å². The van der Waals surface area contributed by atoms with E-state index < -0.39 is 18.2 Å². The second-order valence-corrected chi connectivity index (χ2v) is 13.0. The van der Waals surface area contributed by atoms with Gasteiger partial charge < -0.3 is 14.5 Å². The summed E-state index contributed by atoms with van der Waals surface area (Å²) in [4.78, 5) is 64.8. The molecule has 2 fully saturated rings. The van der Waals surface area contributed by atoms with Gasteiger partial charge in [0, 0.05) is 37.5 Å². The fourth-order valence-corrected chi connectivity index (χ4v) is 7.20. The summed E-state index contributed by atoms with van der Waals surface area (Å²) in [5, 5.41) is 16.2. The predicted octanol–water partition coefficient (Wildman–Crippen LogP) is 4.44. The number of hydrogen-bond acceptors (Lipinski definition) is 11. The number of nitriles is 1. The van der Waals surface area contributed by atoms with E-state index in [4.69, 9.17) is 26.3 Å². The smallest absolute Gasteiger partial charge is 0.332 e. The van der Waals surface area contributed by atoms with Crippen LogP contribution >= 0.6 is 11.6 Å². The first-order valence-corrected chi connectivity index (χ1v) is 17.3. The molecule has 3 aromatic heterocycles. The molecule has 3 aliphatic heterocycles. The van der Waals surface area contributed by atoms with Gasteiger partial charge in [0.2, 0.25) is 5.91 Å². The number of halogens is 1. The Morgan fingerprint density at radius 1 is 1.04 bits per heavy atom. The van der Waals surface area contributed by atoms with Crippen LogP contribution in [-0.4, -0.2) is 97.8 Å². The highest BCUT2D eigenvalue weighted by molar-refractivity contribution is 6.33. The lowest BCUT2D eigenvalue weighted by molar-refractivity contribution is -0.122. The summed E-state index contributed by atoms with van der Waals surface area (Å²) in [5.74, 6) is 1.39. The van der Waals surface area contributed by atoms with Crippen molar-refractivity contribution in [1.82, 2.24) is 35.0 Å². The van der Waals surface area contributed by atoms with Crippen LogP contribution in [0.2, 0.25) is 5.02 Å². The van der Waals surface area contributed by atoms with Gasteiger partial charge in [-0.15, -0.1) is 0 Å². The fourth-order valence-electron chi connectivity index (χ4n) is 6.99. The number of amides is 4. The van der Waals surface area contributed by atoms with Crippen LogP contribution in [0.3, 0.4) is 0 Å². The molecular formula is C35H36ClN11O4. The monoisotopic (exact) mass is 709 g/mol. The minimum atomic E-state index is -0.696. The summed E-state index contributed by atoms with van der Waals surface area (Å²) in [6, 6.07) is 7.80. The van der Waals surface area contributed by atoms with Crippen molar-refractivity contribution < 1.29 is 19.1 Å². The summed E-state index contributed by atoms with van der Waals surface area (Å²) >= 11 is 6.33. The van der Waals surface area contributed by atoms with Crippen molar-refractivity contribution in [2.75, 3.05) is 47.5 Å². The number of imide groups is 1. The maximum Gasteiger partial charge on any atom is 0.332 e. The minimum absolute atomic E-state index is 0.0376. The highest BCUT2D eigenvalue weighted by Gasteiger charge is 2.53. The summed E-state index contributed by atoms with van der Waals surface area (Å²) < 4.78 is 6.18. The van der Waals surface area contributed by atoms with E-state index in [1.165, 1.54) is 12.4 Å². The maximum atomic E-state index is 13.5. The Hall–Kier alpha value is -5.46. The number of pyridine rings is 1. The molecule has 0 radical (unpaired) electrons.